The zero-order chi connectivity index (χ0) is 9.47. The molecule has 0 bridgehead atoms. The van der Waals surface area contributed by atoms with Crippen molar-refractivity contribution in [2.45, 2.75) is 32.4 Å². The van der Waals surface area contributed by atoms with Gasteiger partial charge in [0.2, 0.25) is 0 Å². The van der Waals surface area contributed by atoms with Gasteiger partial charge in [0.15, 0.2) is 0 Å². The van der Waals surface area contributed by atoms with E-state index in [1.807, 2.05) is 18.6 Å². The topological polar surface area (TPSA) is 28.0 Å². The lowest BCUT2D eigenvalue weighted by Gasteiger charge is -2.35. The van der Waals surface area contributed by atoms with Gasteiger partial charge in [0, 0.05) is 24.5 Å². The normalized spacial score (nSPS) is 31.2. The molecule has 0 aromatic heterocycles. The molecule has 70 valence electrons. The van der Waals surface area contributed by atoms with Crippen molar-refractivity contribution in [3.63, 3.8) is 0 Å². The Labute approximate surface area is 78.8 Å². The van der Waals surface area contributed by atoms with Gasteiger partial charge in [0.05, 0.1) is 11.6 Å². The molecule has 2 rings (SSSR count). The summed E-state index contributed by atoms with van der Waals surface area (Å²) in [7, 11) is 0. The van der Waals surface area contributed by atoms with Crippen molar-refractivity contribution in [3.8, 4) is 0 Å². The van der Waals surface area contributed by atoms with Crippen molar-refractivity contribution in [2.75, 3.05) is 0 Å². The lowest BCUT2D eigenvalue weighted by Crippen LogP contribution is -2.45. The number of fused-ring (bicyclic) bond motifs is 1. The molecule has 3 nitrogen and oxygen atoms in total. The Morgan fingerprint density at radius 1 is 1.23 bits per heavy atom. The molecule has 0 saturated heterocycles. The molecule has 2 aliphatic heterocycles. The first-order valence-electron chi connectivity index (χ1n) is 4.62. The summed E-state index contributed by atoms with van der Waals surface area (Å²) >= 11 is 0. The lowest BCUT2D eigenvalue weighted by atomic mass is 9.97. The molecule has 2 heterocycles. The molecule has 0 aliphatic carbocycles. The highest BCUT2D eigenvalue weighted by Crippen LogP contribution is 2.27. The fraction of sp³-hybridized carbons (Fsp3) is 0.600. The Kier molecular flexibility index (Phi) is 1.75. The van der Waals surface area contributed by atoms with E-state index in [0.717, 1.165) is 0 Å². The van der Waals surface area contributed by atoms with Crippen LogP contribution in [0.1, 0.15) is 20.8 Å². The van der Waals surface area contributed by atoms with Crippen molar-refractivity contribution in [1.29, 1.82) is 0 Å². The standard InChI is InChI=1S/C10H15N3/c1-10(2,3)13-9-7-11-5-4-8(9)6-12-13/h4-9H,1-3H3. The van der Waals surface area contributed by atoms with Crippen LogP contribution in [0, 0.1) is 5.92 Å². The molecule has 0 saturated carbocycles. The molecule has 3 heteroatoms. The highest BCUT2D eigenvalue weighted by Gasteiger charge is 2.35. The quantitative estimate of drug-likeness (QED) is 0.553. The predicted octanol–water partition coefficient (Wildman–Crippen LogP) is 1.67. The highest BCUT2D eigenvalue weighted by atomic mass is 15.5. The summed E-state index contributed by atoms with van der Waals surface area (Å²) in [5, 5.41) is 6.53. The third kappa shape index (κ3) is 1.39. The van der Waals surface area contributed by atoms with Crippen LogP contribution in [0.5, 0.6) is 0 Å². The SMILES string of the molecule is CC(C)(C)N1N=CC2C=CN=CC21. The van der Waals surface area contributed by atoms with Gasteiger partial charge >= 0.3 is 0 Å². The molecule has 0 N–H and O–H groups in total. The largest absolute Gasteiger partial charge is 0.283 e. The summed E-state index contributed by atoms with van der Waals surface area (Å²) < 4.78 is 0. The van der Waals surface area contributed by atoms with Gasteiger partial charge in [-0.05, 0) is 20.8 Å². The average Bonchev–Trinajstić information content (AvgIpc) is 2.45. The number of hydrogen-bond donors (Lipinski definition) is 0. The van der Waals surface area contributed by atoms with Crippen LogP contribution in [0.25, 0.3) is 0 Å². The Hall–Kier alpha value is -1.12. The van der Waals surface area contributed by atoms with Crippen LogP contribution >= 0.6 is 0 Å². The molecule has 2 aliphatic rings. The monoisotopic (exact) mass is 177 g/mol. The summed E-state index contributed by atoms with van der Waals surface area (Å²) in [5.41, 5.74) is 0.0765. The van der Waals surface area contributed by atoms with Crippen molar-refractivity contribution >= 4 is 12.4 Å². The molecule has 0 aromatic rings. The Morgan fingerprint density at radius 2 is 2.00 bits per heavy atom. The van der Waals surface area contributed by atoms with E-state index in [-0.39, 0.29) is 5.54 Å². The van der Waals surface area contributed by atoms with E-state index < -0.39 is 0 Å². The Morgan fingerprint density at radius 3 is 2.69 bits per heavy atom. The number of hydrogen-bond acceptors (Lipinski definition) is 3. The molecule has 0 amide bonds. The van der Waals surface area contributed by atoms with E-state index in [2.05, 4.69) is 41.9 Å². The molecular weight excluding hydrogens is 162 g/mol. The Balaban J connectivity index is 2.23. The van der Waals surface area contributed by atoms with Gasteiger partial charge in [-0.2, -0.15) is 5.10 Å². The number of rotatable bonds is 0. The van der Waals surface area contributed by atoms with Crippen LogP contribution in [0.2, 0.25) is 0 Å². The van der Waals surface area contributed by atoms with Gasteiger partial charge in [-0.15, -0.1) is 0 Å². The summed E-state index contributed by atoms with van der Waals surface area (Å²) in [6, 6.07) is 0.324. The summed E-state index contributed by atoms with van der Waals surface area (Å²) in [6.45, 7) is 6.50. The van der Waals surface area contributed by atoms with Crippen LogP contribution in [0.3, 0.4) is 0 Å². The minimum Gasteiger partial charge on any atom is -0.283 e. The Bertz CT molecular complexity index is 283. The fourth-order valence-corrected chi connectivity index (χ4v) is 1.71. The summed E-state index contributed by atoms with van der Waals surface area (Å²) in [4.78, 5) is 4.16. The number of aliphatic imine (C=N–C) groups is 1. The van der Waals surface area contributed by atoms with Gasteiger partial charge in [0.25, 0.3) is 0 Å². The zero-order valence-corrected chi connectivity index (χ0v) is 8.31. The van der Waals surface area contributed by atoms with Crippen LogP contribution in [0.15, 0.2) is 22.4 Å². The van der Waals surface area contributed by atoms with Crippen LogP contribution in [-0.4, -0.2) is 29.0 Å². The second-order valence-electron chi connectivity index (χ2n) is 4.49. The molecule has 0 radical (unpaired) electrons. The highest BCUT2D eigenvalue weighted by molar-refractivity contribution is 5.79. The maximum atomic E-state index is 4.42. The zero-order valence-electron chi connectivity index (χ0n) is 8.31. The maximum absolute atomic E-state index is 4.42. The number of nitrogens with zero attached hydrogens (tertiary/aromatic N) is 3. The van der Waals surface area contributed by atoms with E-state index in [9.17, 15) is 0 Å². The maximum Gasteiger partial charge on any atom is 0.0940 e. The van der Waals surface area contributed by atoms with E-state index in [4.69, 9.17) is 0 Å². The van der Waals surface area contributed by atoms with Crippen molar-refractivity contribution < 1.29 is 0 Å². The first-order chi connectivity index (χ1) is 6.09. The molecule has 0 aromatic carbocycles. The third-order valence-electron chi connectivity index (χ3n) is 2.36. The second kappa shape index (κ2) is 2.69. The minimum absolute atomic E-state index is 0.0765. The lowest BCUT2D eigenvalue weighted by molar-refractivity contribution is 0.128. The van der Waals surface area contributed by atoms with Gasteiger partial charge in [0.1, 0.15) is 0 Å². The molecule has 0 fully saturated rings. The van der Waals surface area contributed by atoms with E-state index in [0.29, 0.717) is 12.0 Å². The first kappa shape index (κ1) is 8.48. The van der Waals surface area contributed by atoms with Gasteiger partial charge in [-0.25, -0.2) is 0 Å². The van der Waals surface area contributed by atoms with Crippen LogP contribution < -0.4 is 0 Å². The van der Waals surface area contributed by atoms with E-state index in [1.54, 1.807) is 0 Å². The van der Waals surface area contributed by atoms with E-state index in [1.165, 1.54) is 0 Å². The summed E-state index contributed by atoms with van der Waals surface area (Å²) in [6.07, 6.45) is 7.92. The molecular formula is C10H15N3. The van der Waals surface area contributed by atoms with Crippen molar-refractivity contribution in [2.24, 2.45) is 16.0 Å². The second-order valence-corrected chi connectivity index (χ2v) is 4.49. The summed E-state index contributed by atoms with van der Waals surface area (Å²) in [5.74, 6) is 0.414. The van der Waals surface area contributed by atoms with Crippen LogP contribution in [0.4, 0.5) is 0 Å². The third-order valence-corrected chi connectivity index (χ3v) is 2.36. The minimum atomic E-state index is 0.0765. The molecule has 13 heavy (non-hydrogen) atoms. The number of hydrazone groups is 1. The smallest absolute Gasteiger partial charge is 0.0940 e. The van der Waals surface area contributed by atoms with E-state index >= 15 is 0 Å². The predicted molar refractivity (Wildman–Crippen MR) is 55.0 cm³/mol. The van der Waals surface area contributed by atoms with Crippen molar-refractivity contribution in [1.82, 2.24) is 5.01 Å². The van der Waals surface area contributed by atoms with Gasteiger partial charge < -0.3 is 0 Å². The molecule has 2 atom stereocenters. The fourth-order valence-electron chi connectivity index (χ4n) is 1.71. The first-order valence-corrected chi connectivity index (χ1v) is 4.62. The van der Waals surface area contributed by atoms with Crippen molar-refractivity contribution in [3.05, 3.63) is 12.3 Å². The van der Waals surface area contributed by atoms with Gasteiger partial charge in [-0.3, -0.25) is 10.0 Å². The van der Waals surface area contributed by atoms with Gasteiger partial charge in [-0.1, -0.05) is 6.08 Å². The average molecular weight is 177 g/mol. The molecule has 0 spiro atoms. The van der Waals surface area contributed by atoms with Crippen LogP contribution in [-0.2, 0) is 0 Å². The molecule has 2 unspecified atom stereocenters.